The van der Waals surface area contributed by atoms with E-state index in [1.54, 1.807) is 38.3 Å². The zero-order valence-corrected chi connectivity index (χ0v) is 14.9. The fraction of sp³-hybridized carbons (Fsp3) is 0.562. The normalized spacial score (nSPS) is 17.2. The van der Waals surface area contributed by atoms with Gasteiger partial charge < -0.3 is 15.4 Å². The summed E-state index contributed by atoms with van der Waals surface area (Å²) < 4.78 is 30.8. The van der Waals surface area contributed by atoms with E-state index >= 15 is 0 Å². The number of piperidine rings is 1. The first-order chi connectivity index (χ1) is 11.4. The first kappa shape index (κ1) is 18.7. The smallest absolute Gasteiger partial charge is 0.233 e. The van der Waals surface area contributed by atoms with Gasteiger partial charge in [-0.15, -0.1) is 0 Å². The zero-order valence-electron chi connectivity index (χ0n) is 14.1. The largest absolute Gasteiger partial charge is 0.384 e. The van der Waals surface area contributed by atoms with Gasteiger partial charge >= 0.3 is 0 Å². The molecule has 2 rings (SSSR count). The Morgan fingerprint density at radius 2 is 1.79 bits per heavy atom. The maximum absolute atomic E-state index is 12.7. The highest BCUT2D eigenvalue weighted by molar-refractivity contribution is 7.92. The molecular weight excluding hydrogens is 330 g/mol. The second-order valence-corrected chi connectivity index (χ2v) is 8.01. The fourth-order valence-corrected chi connectivity index (χ4v) is 3.40. The minimum Gasteiger partial charge on any atom is -0.384 e. The highest BCUT2D eigenvalue weighted by atomic mass is 32.2. The highest BCUT2D eigenvalue weighted by Crippen LogP contribution is 2.31. The molecule has 134 valence electrons. The molecule has 0 unspecified atom stereocenters. The fourth-order valence-electron chi connectivity index (χ4n) is 2.76. The third kappa shape index (κ3) is 4.68. The summed E-state index contributed by atoms with van der Waals surface area (Å²) in [5.74, 6) is -0.0493. The van der Waals surface area contributed by atoms with Crippen LogP contribution in [0.3, 0.4) is 0 Å². The van der Waals surface area contributed by atoms with Crippen LogP contribution in [0.15, 0.2) is 24.3 Å². The maximum Gasteiger partial charge on any atom is 0.233 e. The summed E-state index contributed by atoms with van der Waals surface area (Å²) in [4.78, 5) is 12.7. The first-order valence-corrected chi connectivity index (χ1v) is 9.68. The molecule has 7 nitrogen and oxygen atoms in total. The summed E-state index contributed by atoms with van der Waals surface area (Å²) in [6.07, 6.45) is 1.45. The summed E-state index contributed by atoms with van der Waals surface area (Å²) in [6.45, 7) is 3.53. The Labute approximate surface area is 143 Å². The van der Waals surface area contributed by atoms with Crippen LogP contribution in [0.4, 0.5) is 11.4 Å². The van der Waals surface area contributed by atoms with Crippen molar-refractivity contribution in [2.24, 2.45) is 5.41 Å². The number of hydrogen-bond acceptors (Lipinski definition) is 5. The summed E-state index contributed by atoms with van der Waals surface area (Å²) in [5.41, 5.74) is 0.583. The number of carbonyl (C=O) groups excluding carboxylic acids is 1. The van der Waals surface area contributed by atoms with Crippen LogP contribution in [0, 0.1) is 5.41 Å². The first-order valence-electron chi connectivity index (χ1n) is 8.02. The Balaban J connectivity index is 2.05. The minimum absolute atomic E-state index is 0.0130. The van der Waals surface area contributed by atoms with E-state index in [4.69, 9.17) is 4.74 Å². The molecule has 1 aromatic carbocycles. The standard InChI is InChI=1S/C16H25N3O4S/c1-3-24(21,22)19-14-6-4-13(5-7-14)18-15(20)16(12-23-2)8-10-17-11-9-16/h4-7,17,19H,3,8-12H2,1-2H3,(H,18,20). The molecule has 0 atom stereocenters. The third-order valence-corrected chi connectivity index (χ3v) is 5.57. The Morgan fingerprint density at radius 1 is 1.21 bits per heavy atom. The number of hydrogen-bond donors (Lipinski definition) is 3. The number of sulfonamides is 1. The van der Waals surface area contributed by atoms with E-state index in [0.717, 1.165) is 25.9 Å². The lowest BCUT2D eigenvalue weighted by Gasteiger charge is -2.35. The number of nitrogens with one attached hydrogen (secondary N) is 3. The van der Waals surface area contributed by atoms with Gasteiger partial charge in [0.05, 0.1) is 17.8 Å². The van der Waals surface area contributed by atoms with Gasteiger partial charge in [-0.05, 0) is 57.1 Å². The van der Waals surface area contributed by atoms with Crippen molar-refractivity contribution in [3.05, 3.63) is 24.3 Å². The van der Waals surface area contributed by atoms with Crippen LogP contribution < -0.4 is 15.4 Å². The Kier molecular flexibility index (Phi) is 6.20. The second kappa shape index (κ2) is 7.96. The molecule has 1 aliphatic rings. The van der Waals surface area contributed by atoms with Gasteiger partial charge in [0.25, 0.3) is 0 Å². The van der Waals surface area contributed by atoms with Crippen LogP contribution in [-0.4, -0.2) is 46.9 Å². The highest BCUT2D eigenvalue weighted by Gasteiger charge is 2.39. The van der Waals surface area contributed by atoms with E-state index in [1.165, 1.54) is 0 Å². The van der Waals surface area contributed by atoms with Crippen LogP contribution in [-0.2, 0) is 19.6 Å². The van der Waals surface area contributed by atoms with Crippen molar-refractivity contribution in [1.82, 2.24) is 5.32 Å². The van der Waals surface area contributed by atoms with Crippen LogP contribution in [0.5, 0.6) is 0 Å². The molecule has 1 amide bonds. The lowest BCUT2D eigenvalue weighted by Crippen LogP contribution is -2.47. The van der Waals surface area contributed by atoms with Crippen molar-refractivity contribution in [2.75, 3.05) is 42.6 Å². The van der Waals surface area contributed by atoms with Crippen LogP contribution in [0.1, 0.15) is 19.8 Å². The van der Waals surface area contributed by atoms with Gasteiger partial charge in [0.15, 0.2) is 0 Å². The zero-order chi connectivity index (χ0) is 17.6. The van der Waals surface area contributed by atoms with Crippen molar-refractivity contribution in [1.29, 1.82) is 0 Å². The molecule has 0 spiro atoms. The molecule has 0 radical (unpaired) electrons. The lowest BCUT2D eigenvalue weighted by molar-refractivity contribution is -0.130. The number of ether oxygens (including phenoxy) is 1. The predicted octanol–water partition coefficient (Wildman–Crippen LogP) is 1.40. The molecule has 0 aromatic heterocycles. The minimum atomic E-state index is -3.30. The van der Waals surface area contributed by atoms with Crippen molar-refractivity contribution >= 4 is 27.3 Å². The van der Waals surface area contributed by atoms with E-state index in [2.05, 4.69) is 15.4 Å². The Bertz CT molecular complexity index is 647. The van der Waals surface area contributed by atoms with Crippen LogP contribution in [0.25, 0.3) is 0 Å². The molecule has 0 saturated carbocycles. The molecule has 1 fully saturated rings. The SMILES string of the molecule is CCS(=O)(=O)Nc1ccc(NC(=O)C2(COC)CCNCC2)cc1. The van der Waals surface area contributed by atoms with Crippen molar-refractivity contribution in [2.45, 2.75) is 19.8 Å². The quantitative estimate of drug-likeness (QED) is 0.687. The van der Waals surface area contributed by atoms with Gasteiger partial charge in [-0.2, -0.15) is 0 Å². The third-order valence-electron chi connectivity index (χ3n) is 4.26. The van der Waals surface area contributed by atoms with E-state index in [-0.39, 0.29) is 11.7 Å². The number of rotatable bonds is 7. The van der Waals surface area contributed by atoms with Crippen molar-refractivity contribution in [3.8, 4) is 0 Å². The number of amides is 1. The number of carbonyl (C=O) groups is 1. The van der Waals surface area contributed by atoms with Gasteiger partial charge in [-0.1, -0.05) is 0 Å². The van der Waals surface area contributed by atoms with Gasteiger partial charge in [0, 0.05) is 18.5 Å². The summed E-state index contributed by atoms with van der Waals surface area (Å²) in [6, 6.07) is 6.64. The van der Waals surface area contributed by atoms with E-state index in [9.17, 15) is 13.2 Å². The number of benzene rings is 1. The molecule has 0 aliphatic carbocycles. The molecule has 24 heavy (non-hydrogen) atoms. The molecule has 1 heterocycles. The van der Waals surface area contributed by atoms with Crippen molar-refractivity contribution in [3.63, 3.8) is 0 Å². The second-order valence-electron chi connectivity index (χ2n) is 6.00. The predicted molar refractivity (Wildman–Crippen MR) is 94.6 cm³/mol. The Hall–Kier alpha value is -1.64. The van der Waals surface area contributed by atoms with Gasteiger partial charge in [0.2, 0.25) is 15.9 Å². The topological polar surface area (TPSA) is 96.5 Å². The molecule has 1 aromatic rings. The maximum atomic E-state index is 12.7. The monoisotopic (exact) mass is 355 g/mol. The van der Waals surface area contributed by atoms with Gasteiger partial charge in [0.1, 0.15) is 0 Å². The molecule has 3 N–H and O–H groups in total. The summed E-state index contributed by atoms with van der Waals surface area (Å²) in [7, 11) is -1.70. The Morgan fingerprint density at radius 3 is 2.33 bits per heavy atom. The van der Waals surface area contributed by atoms with E-state index in [1.807, 2.05) is 0 Å². The summed E-state index contributed by atoms with van der Waals surface area (Å²) in [5, 5.41) is 6.17. The van der Waals surface area contributed by atoms with E-state index < -0.39 is 15.4 Å². The average molecular weight is 355 g/mol. The number of anilines is 2. The molecule has 1 saturated heterocycles. The van der Waals surface area contributed by atoms with Crippen LogP contribution >= 0.6 is 0 Å². The number of methoxy groups -OCH3 is 1. The van der Waals surface area contributed by atoms with Gasteiger partial charge in [-0.3, -0.25) is 9.52 Å². The molecule has 8 heteroatoms. The van der Waals surface area contributed by atoms with Crippen molar-refractivity contribution < 1.29 is 17.9 Å². The lowest BCUT2D eigenvalue weighted by atomic mass is 9.78. The van der Waals surface area contributed by atoms with Gasteiger partial charge in [-0.25, -0.2) is 8.42 Å². The molecule has 1 aliphatic heterocycles. The molecule has 0 bridgehead atoms. The van der Waals surface area contributed by atoms with Crippen LogP contribution in [0.2, 0.25) is 0 Å². The van der Waals surface area contributed by atoms with E-state index in [0.29, 0.717) is 18.0 Å². The summed E-state index contributed by atoms with van der Waals surface area (Å²) >= 11 is 0. The molecular formula is C16H25N3O4S. The average Bonchev–Trinajstić information content (AvgIpc) is 2.57.